The Bertz CT molecular complexity index is 1270. The van der Waals surface area contributed by atoms with Crippen LogP contribution in [0.2, 0.25) is 5.02 Å². The van der Waals surface area contributed by atoms with Crippen molar-refractivity contribution in [2.45, 2.75) is 6.54 Å². The summed E-state index contributed by atoms with van der Waals surface area (Å²) < 4.78 is 6.13. The summed E-state index contributed by atoms with van der Waals surface area (Å²) in [6.07, 6.45) is 1.55. The van der Waals surface area contributed by atoms with Crippen LogP contribution in [-0.4, -0.2) is 16.9 Å². The number of carbonyl (C=O) groups is 2. The van der Waals surface area contributed by atoms with Gasteiger partial charge < -0.3 is 15.1 Å². The van der Waals surface area contributed by atoms with Gasteiger partial charge in [-0.15, -0.1) is 11.3 Å². The van der Waals surface area contributed by atoms with E-state index in [1.54, 1.807) is 42.7 Å². The van der Waals surface area contributed by atoms with Crippen molar-refractivity contribution in [3.8, 4) is 0 Å². The van der Waals surface area contributed by atoms with Crippen molar-refractivity contribution in [2.24, 2.45) is 0 Å². The standard InChI is InChI=1S/C22H16ClN3O3S2/c23-18-16-8-1-2-9-17(16)31-19(18)21(28)26-22(30)25-14-6-3-5-13(11-14)20(27)24-12-15-7-4-10-29-15/h1-11H,12H2,(H,24,27)(H2,25,26,28,30). The number of hydrogen-bond acceptors (Lipinski definition) is 5. The number of anilines is 1. The van der Waals surface area contributed by atoms with E-state index >= 15 is 0 Å². The van der Waals surface area contributed by atoms with Crippen LogP contribution in [0.4, 0.5) is 5.69 Å². The van der Waals surface area contributed by atoms with Crippen molar-refractivity contribution in [2.75, 3.05) is 5.32 Å². The number of fused-ring (bicyclic) bond motifs is 1. The minimum absolute atomic E-state index is 0.103. The molecule has 0 saturated carbocycles. The van der Waals surface area contributed by atoms with Crippen LogP contribution < -0.4 is 16.0 Å². The maximum atomic E-state index is 12.6. The number of halogens is 1. The number of thiophene rings is 1. The molecule has 0 aliphatic carbocycles. The number of amides is 2. The van der Waals surface area contributed by atoms with Crippen LogP contribution >= 0.6 is 35.2 Å². The van der Waals surface area contributed by atoms with E-state index < -0.39 is 5.91 Å². The first-order chi connectivity index (χ1) is 15.0. The Morgan fingerprint density at radius 2 is 1.87 bits per heavy atom. The van der Waals surface area contributed by atoms with Gasteiger partial charge in [-0.3, -0.25) is 14.9 Å². The molecule has 4 aromatic rings. The molecule has 0 aliphatic heterocycles. The summed E-state index contributed by atoms with van der Waals surface area (Å²) in [7, 11) is 0. The van der Waals surface area contributed by atoms with Crippen LogP contribution in [0.3, 0.4) is 0 Å². The highest BCUT2D eigenvalue weighted by Crippen LogP contribution is 2.34. The molecule has 0 radical (unpaired) electrons. The van der Waals surface area contributed by atoms with Gasteiger partial charge in [-0.2, -0.15) is 0 Å². The van der Waals surface area contributed by atoms with Crippen LogP contribution in [0.1, 0.15) is 25.8 Å². The van der Waals surface area contributed by atoms with Gasteiger partial charge in [0.1, 0.15) is 10.6 Å². The normalized spacial score (nSPS) is 10.6. The smallest absolute Gasteiger partial charge is 0.269 e. The van der Waals surface area contributed by atoms with E-state index in [9.17, 15) is 9.59 Å². The van der Waals surface area contributed by atoms with Gasteiger partial charge in [0.25, 0.3) is 11.8 Å². The summed E-state index contributed by atoms with van der Waals surface area (Å²) in [5.41, 5.74) is 1.01. The molecule has 0 saturated heterocycles. The van der Waals surface area contributed by atoms with Gasteiger partial charge >= 0.3 is 0 Å². The van der Waals surface area contributed by atoms with Crippen molar-refractivity contribution < 1.29 is 14.0 Å². The van der Waals surface area contributed by atoms with Gasteiger partial charge in [-0.05, 0) is 48.6 Å². The minimum atomic E-state index is -0.393. The van der Waals surface area contributed by atoms with Crippen LogP contribution in [0.15, 0.2) is 71.3 Å². The molecule has 0 bridgehead atoms. The fourth-order valence-corrected chi connectivity index (χ4v) is 4.53. The van der Waals surface area contributed by atoms with Crippen molar-refractivity contribution in [1.82, 2.24) is 10.6 Å². The second-order valence-electron chi connectivity index (χ2n) is 6.49. The lowest BCUT2D eigenvalue weighted by Crippen LogP contribution is -2.33. The van der Waals surface area contributed by atoms with E-state index in [4.69, 9.17) is 28.2 Å². The monoisotopic (exact) mass is 469 g/mol. The Hall–Kier alpha value is -3.20. The average molecular weight is 470 g/mol. The fraction of sp³-hybridized carbons (Fsp3) is 0.0455. The van der Waals surface area contributed by atoms with Gasteiger partial charge in [-0.1, -0.05) is 35.9 Å². The van der Waals surface area contributed by atoms with E-state index in [0.29, 0.717) is 26.9 Å². The highest BCUT2D eigenvalue weighted by molar-refractivity contribution is 7.80. The zero-order chi connectivity index (χ0) is 21.8. The first kappa shape index (κ1) is 21.0. The highest BCUT2D eigenvalue weighted by atomic mass is 35.5. The molecular formula is C22H16ClN3O3S2. The third-order valence-electron chi connectivity index (χ3n) is 4.35. The van der Waals surface area contributed by atoms with Crippen molar-refractivity contribution in [3.05, 3.63) is 88.2 Å². The van der Waals surface area contributed by atoms with Crippen molar-refractivity contribution in [3.63, 3.8) is 0 Å². The summed E-state index contributed by atoms with van der Waals surface area (Å²) in [6, 6.07) is 17.9. The number of furan rings is 1. The predicted octanol–water partition coefficient (Wildman–Crippen LogP) is 5.20. The topological polar surface area (TPSA) is 83.4 Å². The number of thiocarbonyl (C=S) groups is 1. The third-order valence-corrected chi connectivity index (χ3v) is 6.23. The Kier molecular flexibility index (Phi) is 6.31. The Morgan fingerprint density at radius 3 is 2.65 bits per heavy atom. The zero-order valence-corrected chi connectivity index (χ0v) is 18.4. The molecule has 0 atom stereocenters. The first-order valence-electron chi connectivity index (χ1n) is 9.21. The van der Waals surface area contributed by atoms with E-state index in [2.05, 4.69) is 16.0 Å². The lowest BCUT2D eigenvalue weighted by Gasteiger charge is -2.10. The number of rotatable bonds is 5. The molecule has 2 aromatic carbocycles. The van der Waals surface area contributed by atoms with E-state index in [1.165, 1.54) is 11.3 Å². The molecule has 0 spiro atoms. The molecule has 2 amide bonds. The van der Waals surface area contributed by atoms with Gasteiger partial charge in [-0.25, -0.2) is 0 Å². The van der Waals surface area contributed by atoms with Crippen molar-refractivity contribution >= 4 is 67.9 Å². The highest BCUT2D eigenvalue weighted by Gasteiger charge is 2.18. The second kappa shape index (κ2) is 9.30. The molecule has 9 heteroatoms. The molecule has 4 rings (SSSR count). The number of benzene rings is 2. The van der Waals surface area contributed by atoms with E-state index in [1.807, 2.05) is 24.3 Å². The Labute approximate surface area is 192 Å². The molecule has 2 heterocycles. The summed E-state index contributed by atoms with van der Waals surface area (Å²) in [5.74, 6) is 0.00882. The molecule has 2 aromatic heterocycles. The maximum absolute atomic E-state index is 12.6. The summed E-state index contributed by atoms with van der Waals surface area (Å²) in [6.45, 7) is 0.286. The molecule has 6 nitrogen and oxygen atoms in total. The molecular weight excluding hydrogens is 454 g/mol. The average Bonchev–Trinajstić information content (AvgIpc) is 3.40. The number of nitrogens with one attached hydrogen (secondary N) is 3. The second-order valence-corrected chi connectivity index (χ2v) is 8.33. The summed E-state index contributed by atoms with van der Waals surface area (Å²) in [5, 5.41) is 9.66. The molecule has 31 heavy (non-hydrogen) atoms. The molecule has 156 valence electrons. The first-order valence-corrected chi connectivity index (χ1v) is 10.8. The van der Waals surface area contributed by atoms with Crippen LogP contribution in [0, 0.1) is 0 Å². The Morgan fingerprint density at radius 1 is 1.03 bits per heavy atom. The van der Waals surface area contributed by atoms with Crippen molar-refractivity contribution in [1.29, 1.82) is 0 Å². The third kappa shape index (κ3) is 4.93. The quantitative estimate of drug-likeness (QED) is 0.350. The van der Waals surface area contributed by atoms with Gasteiger partial charge in [0, 0.05) is 21.3 Å². The van der Waals surface area contributed by atoms with E-state index in [0.717, 1.165) is 10.1 Å². The minimum Gasteiger partial charge on any atom is -0.467 e. The maximum Gasteiger partial charge on any atom is 0.269 e. The lowest BCUT2D eigenvalue weighted by molar-refractivity contribution is 0.0946. The zero-order valence-electron chi connectivity index (χ0n) is 16.0. The number of carbonyl (C=O) groups excluding carboxylic acids is 2. The predicted molar refractivity (Wildman–Crippen MR) is 127 cm³/mol. The van der Waals surface area contributed by atoms with Crippen LogP contribution in [0.5, 0.6) is 0 Å². The summed E-state index contributed by atoms with van der Waals surface area (Å²) >= 11 is 12.9. The number of hydrogen-bond donors (Lipinski definition) is 3. The molecule has 3 N–H and O–H groups in total. The van der Waals surface area contributed by atoms with Crippen LogP contribution in [0.25, 0.3) is 10.1 Å². The lowest BCUT2D eigenvalue weighted by atomic mass is 10.2. The fourth-order valence-electron chi connectivity index (χ4n) is 2.90. The molecule has 0 fully saturated rings. The van der Waals surface area contributed by atoms with E-state index in [-0.39, 0.29) is 17.6 Å². The summed E-state index contributed by atoms with van der Waals surface area (Å²) in [4.78, 5) is 25.4. The van der Waals surface area contributed by atoms with Gasteiger partial charge in [0.05, 0.1) is 17.8 Å². The van der Waals surface area contributed by atoms with Gasteiger partial charge in [0.2, 0.25) is 0 Å². The van der Waals surface area contributed by atoms with Gasteiger partial charge in [0.15, 0.2) is 5.11 Å². The molecule has 0 unspecified atom stereocenters. The largest absolute Gasteiger partial charge is 0.467 e. The Balaban J connectivity index is 1.39. The van der Waals surface area contributed by atoms with Crippen LogP contribution in [-0.2, 0) is 6.54 Å². The molecule has 0 aliphatic rings. The SMILES string of the molecule is O=C(NCc1ccco1)c1cccc(NC(=S)NC(=O)c2sc3ccccc3c2Cl)c1.